The van der Waals surface area contributed by atoms with Gasteiger partial charge in [-0.1, -0.05) is 12.1 Å². The fraction of sp³-hybridized carbons (Fsp3) is 0.143. The lowest BCUT2D eigenvalue weighted by Gasteiger charge is -2.02. The van der Waals surface area contributed by atoms with Gasteiger partial charge in [-0.05, 0) is 37.6 Å². The molecule has 2 aromatic rings. The van der Waals surface area contributed by atoms with Crippen LogP contribution in [0, 0.1) is 13.8 Å². The van der Waals surface area contributed by atoms with E-state index in [0.29, 0.717) is 11.1 Å². The number of benzene rings is 1. The highest BCUT2D eigenvalue weighted by molar-refractivity contribution is 7.09. The van der Waals surface area contributed by atoms with Gasteiger partial charge in [-0.3, -0.25) is 4.79 Å². The predicted molar refractivity (Wildman–Crippen MR) is 73.1 cm³/mol. The number of phenols is 1. The van der Waals surface area contributed by atoms with Gasteiger partial charge in [0, 0.05) is 5.38 Å². The normalized spacial score (nSPS) is 11.0. The molecule has 0 unspecified atom stereocenters. The first-order chi connectivity index (χ1) is 8.58. The van der Waals surface area contributed by atoms with Crippen LogP contribution >= 0.6 is 11.3 Å². The highest BCUT2D eigenvalue weighted by Crippen LogP contribution is 2.22. The zero-order chi connectivity index (χ0) is 13.1. The molecule has 0 aliphatic heterocycles. The Morgan fingerprint density at radius 3 is 2.83 bits per heavy atom. The number of para-hydroxylation sites is 1. The largest absolute Gasteiger partial charge is 0.507 e. The van der Waals surface area contributed by atoms with E-state index in [-0.39, 0.29) is 11.5 Å². The molecule has 0 radical (unpaired) electrons. The van der Waals surface area contributed by atoms with Crippen LogP contribution in [0.4, 0.5) is 0 Å². The van der Waals surface area contributed by atoms with Crippen molar-refractivity contribution in [2.45, 2.75) is 13.8 Å². The van der Waals surface area contributed by atoms with Gasteiger partial charge in [-0.15, -0.1) is 11.3 Å². The summed E-state index contributed by atoms with van der Waals surface area (Å²) in [7, 11) is 0. The van der Waals surface area contributed by atoms with Crippen molar-refractivity contribution in [3.63, 3.8) is 0 Å². The number of allylic oxidation sites excluding steroid dienone is 1. The van der Waals surface area contributed by atoms with E-state index in [4.69, 9.17) is 0 Å². The van der Waals surface area contributed by atoms with E-state index in [1.54, 1.807) is 31.2 Å². The minimum atomic E-state index is -0.221. The van der Waals surface area contributed by atoms with Crippen molar-refractivity contribution in [2.75, 3.05) is 0 Å². The number of nitrogens with zero attached hydrogens (tertiary/aromatic N) is 1. The highest BCUT2D eigenvalue weighted by atomic mass is 32.1. The van der Waals surface area contributed by atoms with E-state index in [9.17, 15) is 9.90 Å². The first-order valence-corrected chi connectivity index (χ1v) is 6.39. The second-order valence-electron chi connectivity index (χ2n) is 3.96. The number of phenolic OH excluding ortho intramolecular Hbond substituents is 1. The SMILES string of the molecule is Cc1nc(/C=C/C(=O)c2cccc(C)c2O)cs1. The Morgan fingerprint density at radius 1 is 1.39 bits per heavy atom. The smallest absolute Gasteiger partial charge is 0.189 e. The molecule has 0 amide bonds. The third kappa shape index (κ3) is 2.65. The number of thiazole rings is 1. The lowest BCUT2D eigenvalue weighted by atomic mass is 10.1. The van der Waals surface area contributed by atoms with Crippen molar-refractivity contribution in [3.8, 4) is 5.75 Å². The predicted octanol–water partition coefficient (Wildman–Crippen LogP) is 3.36. The standard InChI is InChI=1S/C14H13NO2S/c1-9-4-3-5-12(14(9)17)13(16)7-6-11-8-18-10(2)15-11/h3-8,17H,1-2H3/b7-6+. The molecular weight excluding hydrogens is 246 g/mol. The van der Waals surface area contributed by atoms with E-state index in [0.717, 1.165) is 10.7 Å². The second kappa shape index (κ2) is 5.14. The summed E-state index contributed by atoms with van der Waals surface area (Å²) in [4.78, 5) is 16.2. The van der Waals surface area contributed by atoms with Crippen LogP contribution in [0.5, 0.6) is 5.75 Å². The van der Waals surface area contributed by atoms with Crippen LogP contribution in [-0.2, 0) is 0 Å². The Labute approximate surface area is 109 Å². The number of aromatic hydroxyl groups is 1. The number of rotatable bonds is 3. The molecule has 0 fully saturated rings. The quantitative estimate of drug-likeness (QED) is 0.679. The molecule has 1 aromatic carbocycles. The highest BCUT2D eigenvalue weighted by Gasteiger charge is 2.09. The minimum absolute atomic E-state index is 0.0432. The number of aryl methyl sites for hydroxylation is 2. The number of ketones is 1. The summed E-state index contributed by atoms with van der Waals surface area (Å²) in [6, 6.07) is 5.13. The maximum atomic E-state index is 11.9. The molecule has 3 nitrogen and oxygen atoms in total. The third-order valence-corrected chi connectivity index (χ3v) is 3.34. The van der Waals surface area contributed by atoms with Gasteiger partial charge in [0.15, 0.2) is 5.78 Å². The summed E-state index contributed by atoms with van der Waals surface area (Å²) in [5.74, 6) is -0.177. The molecule has 1 heterocycles. The third-order valence-electron chi connectivity index (χ3n) is 2.55. The van der Waals surface area contributed by atoms with Gasteiger partial charge in [-0.25, -0.2) is 4.98 Å². The van der Waals surface area contributed by atoms with Gasteiger partial charge in [-0.2, -0.15) is 0 Å². The molecule has 0 aliphatic rings. The Hall–Kier alpha value is -1.94. The van der Waals surface area contributed by atoms with Crippen molar-refractivity contribution in [1.29, 1.82) is 0 Å². The maximum Gasteiger partial charge on any atom is 0.189 e. The van der Waals surface area contributed by atoms with Crippen LogP contribution in [0.25, 0.3) is 6.08 Å². The second-order valence-corrected chi connectivity index (χ2v) is 5.02. The fourth-order valence-electron chi connectivity index (χ4n) is 1.57. The van der Waals surface area contributed by atoms with E-state index in [1.807, 2.05) is 12.3 Å². The Kier molecular flexibility index (Phi) is 3.58. The topological polar surface area (TPSA) is 50.2 Å². The Bertz CT molecular complexity index is 614. The van der Waals surface area contributed by atoms with Crippen LogP contribution in [-0.4, -0.2) is 15.9 Å². The van der Waals surface area contributed by atoms with Crippen molar-refractivity contribution < 1.29 is 9.90 Å². The van der Waals surface area contributed by atoms with Crippen LogP contribution in [0.3, 0.4) is 0 Å². The molecule has 92 valence electrons. The Balaban J connectivity index is 2.22. The summed E-state index contributed by atoms with van der Waals surface area (Å²) in [6.45, 7) is 3.68. The molecule has 0 atom stereocenters. The van der Waals surface area contributed by atoms with Gasteiger partial charge >= 0.3 is 0 Å². The number of hydrogen-bond acceptors (Lipinski definition) is 4. The first kappa shape index (κ1) is 12.5. The van der Waals surface area contributed by atoms with Crippen molar-refractivity contribution >= 4 is 23.2 Å². The molecule has 4 heteroatoms. The fourth-order valence-corrected chi connectivity index (χ4v) is 2.15. The summed E-state index contributed by atoms with van der Waals surface area (Å²) >= 11 is 1.53. The molecule has 1 N–H and O–H groups in total. The average molecular weight is 259 g/mol. The monoisotopic (exact) mass is 259 g/mol. The average Bonchev–Trinajstić information content (AvgIpc) is 2.76. The molecular formula is C14H13NO2S. The van der Waals surface area contributed by atoms with E-state index in [2.05, 4.69) is 4.98 Å². The van der Waals surface area contributed by atoms with Crippen molar-refractivity contribution in [2.24, 2.45) is 0 Å². The van der Waals surface area contributed by atoms with E-state index < -0.39 is 0 Å². The molecule has 0 saturated heterocycles. The van der Waals surface area contributed by atoms with E-state index in [1.165, 1.54) is 17.4 Å². The lowest BCUT2D eigenvalue weighted by Crippen LogP contribution is -1.95. The summed E-state index contributed by atoms with van der Waals surface area (Å²) < 4.78 is 0. The van der Waals surface area contributed by atoms with E-state index >= 15 is 0 Å². The lowest BCUT2D eigenvalue weighted by molar-refractivity contribution is 0.104. The van der Waals surface area contributed by atoms with Crippen molar-refractivity contribution in [1.82, 2.24) is 4.98 Å². The molecule has 0 aliphatic carbocycles. The molecule has 18 heavy (non-hydrogen) atoms. The summed E-state index contributed by atoms with van der Waals surface area (Å²) in [6.07, 6.45) is 3.09. The van der Waals surface area contributed by atoms with Crippen LogP contribution < -0.4 is 0 Å². The molecule has 1 aromatic heterocycles. The number of hydrogen-bond donors (Lipinski definition) is 1. The van der Waals surface area contributed by atoms with Gasteiger partial charge in [0.1, 0.15) is 5.75 Å². The molecule has 0 saturated carbocycles. The number of carbonyl (C=O) groups excluding carboxylic acids is 1. The summed E-state index contributed by atoms with van der Waals surface area (Å²) in [5, 5.41) is 12.6. The first-order valence-electron chi connectivity index (χ1n) is 5.51. The van der Waals surface area contributed by atoms with Gasteiger partial charge in [0.05, 0.1) is 16.3 Å². The number of aromatic nitrogens is 1. The van der Waals surface area contributed by atoms with Crippen molar-refractivity contribution in [3.05, 3.63) is 51.5 Å². The molecule has 0 bridgehead atoms. The Morgan fingerprint density at radius 2 is 2.17 bits per heavy atom. The molecule has 0 spiro atoms. The van der Waals surface area contributed by atoms with Gasteiger partial charge in [0.25, 0.3) is 0 Å². The number of carbonyl (C=O) groups is 1. The zero-order valence-corrected chi connectivity index (χ0v) is 11.0. The minimum Gasteiger partial charge on any atom is -0.507 e. The molecule has 2 rings (SSSR count). The van der Waals surface area contributed by atoms with Gasteiger partial charge in [0.2, 0.25) is 0 Å². The maximum absolute atomic E-state index is 11.9. The summed E-state index contributed by atoms with van der Waals surface area (Å²) in [5.41, 5.74) is 1.77. The van der Waals surface area contributed by atoms with Gasteiger partial charge < -0.3 is 5.11 Å². The van der Waals surface area contributed by atoms with Crippen LogP contribution in [0.15, 0.2) is 29.7 Å². The zero-order valence-electron chi connectivity index (χ0n) is 10.2. The van der Waals surface area contributed by atoms with Crippen LogP contribution in [0.2, 0.25) is 0 Å². The van der Waals surface area contributed by atoms with Crippen LogP contribution in [0.1, 0.15) is 26.6 Å².